The number of hydrogen-bond donors (Lipinski definition) is 0. The lowest BCUT2D eigenvalue weighted by atomic mass is 10.1. The average molecular weight is 533 g/mol. The van der Waals surface area contributed by atoms with Gasteiger partial charge in [-0.3, -0.25) is 9.80 Å². The second kappa shape index (κ2) is 23.0. The monoisotopic (exact) mass is 532 g/mol. The summed E-state index contributed by atoms with van der Waals surface area (Å²) in [5.74, 6) is -0.754. The molecule has 218 valence electrons. The fourth-order valence-corrected chi connectivity index (χ4v) is 4.41. The van der Waals surface area contributed by atoms with Gasteiger partial charge in [0.05, 0.1) is 11.1 Å². The van der Waals surface area contributed by atoms with Crippen LogP contribution in [-0.4, -0.2) is 62.4 Å². The van der Waals surface area contributed by atoms with Crippen LogP contribution in [0.4, 0.5) is 0 Å². The summed E-state index contributed by atoms with van der Waals surface area (Å²) in [5.41, 5.74) is 0.877. The molecule has 0 radical (unpaired) electrons. The molecule has 0 aromatic heterocycles. The summed E-state index contributed by atoms with van der Waals surface area (Å²) in [6.07, 6.45) is 20.5. The molecule has 0 saturated heterocycles. The van der Waals surface area contributed by atoms with E-state index < -0.39 is 0 Å². The number of nitrogens with zero attached hydrogens (tertiary/aromatic N) is 2. The first-order valence-corrected chi connectivity index (χ1v) is 15.3. The summed E-state index contributed by atoms with van der Waals surface area (Å²) in [6.45, 7) is 6.86. The Bertz CT molecular complexity index is 662. The SMILES string of the molecule is CCCCCCCCCCN(C)COC(=O)c1ccc(C(=O)OCN(C)CCCCCCCCCC)cc1. The van der Waals surface area contributed by atoms with Gasteiger partial charge < -0.3 is 9.47 Å². The fraction of sp³-hybridized carbons (Fsp3) is 0.750. The Labute approximate surface area is 233 Å². The molecule has 0 fully saturated rings. The highest BCUT2D eigenvalue weighted by Crippen LogP contribution is 2.11. The van der Waals surface area contributed by atoms with Crippen molar-refractivity contribution in [2.75, 3.05) is 40.6 Å². The highest BCUT2D eigenvalue weighted by atomic mass is 16.5. The molecule has 1 rings (SSSR count). The first kappa shape index (κ1) is 34.1. The summed E-state index contributed by atoms with van der Waals surface area (Å²) >= 11 is 0. The molecular weight excluding hydrogens is 476 g/mol. The summed E-state index contributed by atoms with van der Waals surface area (Å²) in [7, 11) is 3.94. The van der Waals surface area contributed by atoms with E-state index in [-0.39, 0.29) is 25.4 Å². The molecule has 6 heteroatoms. The van der Waals surface area contributed by atoms with E-state index in [0.29, 0.717) is 11.1 Å². The first-order valence-electron chi connectivity index (χ1n) is 15.3. The molecule has 38 heavy (non-hydrogen) atoms. The molecule has 0 N–H and O–H groups in total. The van der Waals surface area contributed by atoms with Crippen molar-refractivity contribution < 1.29 is 19.1 Å². The van der Waals surface area contributed by atoms with Crippen LogP contribution in [0.25, 0.3) is 0 Å². The Balaban J connectivity index is 2.17. The molecule has 0 heterocycles. The summed E-state index contributed by atoms with van der Waals surface area (Å²) in [4.78, 5) is 28.8. The van der Waals surface area contributed by atoms with Gasteiger partial charge in [0.25, 0.3) is 0 Å². The van der Waals surface area contributed by atoms with E-state index in [9.17, 15) is 9.59 Å². The van der Waals surface area contributed by atoms with Gasteiger partial charge in [0.15, 0.2) is 0 Å². The van der Waals surface area contributed by atoms with Gasteiger partial charge in [-0.25, -0.2) is 9.59 Å². The van der Waals surface area contributed by atoms with Crippen molar-refractivity contribution in [1.82, 2.24) is 9.80 Å². The topological polar surface area (TPSA) is 59.1 Å². The van der Waals surface area contributed by atoms with Crippen molar-refractivity contribution in [3.05, 3.63) is 35.4 Å². The minimum Gasteiger partial charge on any atom is -0.446 e. The van der Waals surface area contributed by atoms with Gasteiger partial charge in [-0.1, -0.05) is 104 Å². The highest BCUT2D eigenvalue weighted by molar-refractivity contribution is 5.93. The maximum atomic E-state index is 12.4. The third-order valence-corrected chi connectivity index (χ3v) is 6.98. The third-order valence-electron chi connectivity index (χ3n) is 6.98. The van der Waals surface area contributed by atoms with E-state index in [4.69, 9.17) is 9.47 Å². The van der Waals surface area contributed by atoms with Crippen LogP contribution in [0.15, 0.2) is 24.3 Å². The number of benzene rings is 1. The van der Waals surface area contributed by atoms with Crippen LogP contribution in [-0.2, 0) is 9.47 Å². The first-order chi connectivity index (χ1) is 18.5. The Morgan fingerprint density at radius 3 is 1.13 bits per heavy atom. The van der Waals surface area contributed by atoms with E-state index >= 15 is 0 Å². The number of carbonyl (C=O) groups is 2. The number of esters is 2. The third kappa shape index (κ3) is 17.6. The van der Waals surface area contributed by atoms with Crippen molar-refractivity contribution in [1.29, 1.82) is 0 Å². The van der Waals surface area contributed by atoms with E-state index in [0.717, 1.165) is 25.9 Å². The van der Waals surface area contributed by atoms with Gasteiger partial charge >= 0.3 is 11.9 Å². The largest absolute Gasteiger partial charge is 0.446 e. The smallest absolute Gasteiger partial charge is 0.339 e. The maximum absolute atomic E-state index is 12.4. The molecule has 0 aliphatic heterocycles. The summed E-state index contributed by atoms with van der Waals surface area (Å²) < 4.78 is 10.9. The Morgan fingerprint density at radius 2 is 0.816 bits per heavy atom. The molecule has 6 nitrogen and oxygen atoms in total. The van der Waals surface area contributed by atoms with Gasteiger partial charge in [0.1, 0.15) is 13.5 Å². The molecule has 1 aromatic carbocycles. The van der Waals surface area contributed by atoms with Gasteiger partial charge in [-0.05, 0) is 51.2 Å². The standard InChI is InChI=1S/C32H56N2O4/c1-5-7-9-11-13-15-17-19-25-33(3)27-37-31(35)29-21-23-30(24-22-29)32(36)38-28-34(4)26-20-18-16-14-12-10-8-6-2/h21-24H,5-20,25-28H2,1-4H3. The predicted molar refractivity (Wildman–Crippen MR) is 157 cm³/mol. The second-order valence-corrected chi connectivity index (χ2v) is 10.8. The Hall–Kier alpha value is -1.92. The molecule has 0 spiro atoms. The number of ether oxygens (including phenoxy) is 2. The van der Waals surface area contributed by atoms with Crippen LogP contribution in [0.2, 0.25) is 0 Å². The molecular formula is C32H56N2O4. The molecule has 0 unspecified atom stereocenters. The Kier molecular flexibility index (Phi) is 20.7. The van der Waals surface area contributed by atoms with Crippen molar-refractivity contribution in [3.63, 3.8) is 0 Å². The normalized spacial score (nSPS) is 11.3. The van der Waals surface area contributed by atoms with Crippen LogP contribution in [0.5, 0.6) is 0 Å². The molecule has 0 bridgehead atoms. The summed E-state index contributed by atoms with van der Waals surface area (Å²) in [6, 6.07) is 6.51. The quantitative estimate of drug-likeness (QED) is 0.0762. The second-order valence-electron chi connectivity index (χ2n) is 10.8. The van der Waals surface area contributed by atoms with Crippen molar-refractivity contribution in [2.24, 2.45) is 0 Å². The lowest BCUT2D eigenvalue weighted by Crippen LogP contribution is -2.25. The van der Waals surface area contributed by atoms with Gasteiger partial charge in [-0.2, -0.15) is 0 Å². The van der Waals surface area contributed by atoms with Gasteiger partial charge in [0, 0.05) is 13.1 Å². The van der Waals surface area contributed by atoms with E-state index in [1.165, 1.54) is 89.9 Å². The predicted octanol–water partition coefficient (Wildman–Crippen LogP) is 8.06. The zero-order chi connectivity index (χ0) is 27.8. The average Bonchev–Trinajstić information content (AvgIpc) is 2.93. The zero-order valence-corrected chi connectivity index (χ0v) is 25.0. The fourth-order valence-electron chi connectivity index (χ4n) is 4.41. The molecule has 0 aliphatic carbocycles. The summed E-state index contributed by atoms with van der Waals surface area (Å²) in [5, 5.41) is 0. The van der Waals surface area contributed by atoms with Crippen LogP contribution in [0.3, 0.4) is 0 Å². The number of hydrogen-bond acceptors (Lipinski definition) is 6. The van der Waals surface area contributed by atoms with Crippen molar-refractivity contribution >= 4 is 11.9 Å². The molecule has 0 amide bonds. The van der Waals surface area contributed by atoms with Gasteiger partial charge in [-0.15, -0.1) is 0 Å². The highest BCUT2D eigenvalue weighted by Gasteiger charge is 2.12. The zero-order valence-electron chi connectivity index (χ0n) is 25.0. The van der Waals surface area contributed by atoms with Crippen LogP contribution in [0, 0.1) is 0 Å². The maximum Gasteiger partial charge on any atom is 0.339 e. The van der Waals surface area contributed by atoms with Crippen LogP contribution in [0.1, 0.15) is 137 Å². The lowest BCUT2D eigenvalue weighted by Gasteiger charge is -2.17. The van der Waals surface area contributed by atoms with Crippen molar-refractivity contribution in [3.8, 4) is 0 Å². The minimum atomic E-state index is -0.377. The molecule has 1 aromatic rings. The minimum absolute atomic E-state index is 0.268. The van der Waals surface area contributed by atoms with Crippen LogP contribution >= 0.6 is 0 Å². The van der Waals surface area contributed by atoms with E-state index in [1.807, 2.05) is 23.9 Å². The Morgan fingerprint density at radius 1 is 0.526 bits per heavy atom. The van der Waals surface area contributed by atoms with Crippen molar-refractivity contribution in [2.45, 2.75) is 117 Å². The molecule has 0 saturated carbocycles. The van der Waals surface area contributed by atoms with E-state index in [1.54, 1.807) is 24.3 Å². The van der Waals surface area contributed by atoms with Crippen LogP contribution < -0.4 is 0 Å². The van der Waals surface area contributed by atoms with E-state index in [2.05, 4.69) is 13.8 Å². The molecule has 0 atom stereocenters. The number of unbranched alkanes of at least 4 members (excludes halogenated alkanes) is 14. The lowest BCUT2D eigenvalue weighted by molar-refractivity contribution is 0.0258. The molecule has 0 aliphatic rings. The van der Waals surface area contributed by atoms with Gasteiger partial charge in [0.2, 0.25) is 0 Å². The number of rotatable bonds is 24. The number of carbonyl (C=O) groups excluding carboxylic acids is 2.